The molecule has 0 aliphatic heterocycles. The zero-order chi connectivity index (χ0) is 18.9. The monoisotopic (exact) mass is 371 g/mol. The van der Waals surface area contributed by atoms with Crippen molar-refractivity contribution in [1.29, 1.82) is 0 Å². The number of hydrogen-bond acceptors (Lipinski definition) is 6. The molecule has 28 heavy (non-hydrogen) atoms. The third-order valence-electron chi connectivity index (χ3n) is 4.17. The summed E-state index contributed by atoms with van der Waals surface area (Å²) in [6, 6.07) is 17.9. The number of rotatable bonds is 4. The highest BCUT2D eigenvalue weighted by Crippen LogP contribution is 2.27. The topological polar surface area (TPSA) is 94.5 Å². The van der Waals surface area contributed by atoms with Crippen LogP contribution in [0, 0.1) is 0 Å². The first-order valence-corrected chi connectivity index (χ1v) is 8.49. The number of carbonyl (C=O) groups excluding carboxylic acids is 1. The van der Waals surface area contributed by atoms with E-state index in [1.54, 1.807) is 42.7 Å². The van der Waals surface area contributed by atoms with Gasteiger partial charge in [0.25, 0.3) is 11.8 Å². The summed E-state index contributed by atoms with van der Waals surface area (Å²) in [4.78, 5) is 16.6. The lowest BCUT2D eigenvalue weighted by Gasteiger charge is -2.09. The van der Waals surface area contributed by atoms with E-state index in [4.69, 9.17) is 9.15 Å². The molecule has 0 fully saturated rings. The van der Waals surface area contributed by atoms with E-state index in [1.165, 1.54) is 6.26 Å². The number of hydrogen-bond donors (Lipinski definition) is 1. The Morgan fingerprint density at radius 2 is 1.89 bits per heavy atom. The maximum absolute atomic E-state index is 12.0. The standard InChI is InChI=1S/C20H13N5O3/c26-19(17-6-3-11-27-17)22-13-7-9-14(10-8-13)28-20-18-24-21-12-25(18)16-5-2-1-4-15(16)23-20/h1-12H,(H,22,26). The summed E-state index contributed by atoms with van der Waals surface area (Å²) >= 11 is 0. The van der Waals surface area contributed by atoms with Crippen LogP contribution < -0.4 is 10.1 Å². The Morgan fingerprint density at radius 1 is 1.04 bits per heavy atom. The molecule has 0 aliphatic rings. The molecule has 0 atom stereocenters. The van der Waals surface area contributed by atoms with Crippen molar-refractivity contribution in [2.75, 3.05) is 5.32 Å². The Hall–Kier alpha value is -4.20. The molecule has 0 aliphatic carbocycles. The van der Waals surface area contributed by atoms with Crippen molar-refractivity contribution in [3.05, 3.63) is 79.0 Å². The Labute approximate surface area is 158 Å². The number of ether oxygens (including phenoxy) is 1. The van der Waals surface area contributed by atoms with Gasteiger partial charge in [0.2, 0.25) is 5.65 Å². The molecule has 0 spiro atoms. The van der Waals surface area contributed by atoms with E-state index >= 15 is 0 Å². The first-order valence-electron chi connectivity index (χ1n) is 8.49. The van der Waals surface area contributed by atoms with Gasteiger partial charge in [0.15, 0.2) is 5.76 Å². The molecule has 3 aromatic heterocycles. The van der Waals surface area contributed by atoms with E-state index in [2.05, 4.69) is 20.5 Å². The molecule has 0 radical (unpaired) electrons. The fraction of sp³-hybridized carbons (Fsp3) is 0. The van der Waals surface area contributed by atoms with E-state index in [0.29, 0.717) is 23.0 Å². The Balaban J connectivity index is 1.41. The minimum Gasteiger partial charge on any atom is -0.459 e. The number of fused-ring (bicyclic) bond motifs is 3. The number of aromatic nitrogens is 4. The van der Waals surface area contributed by atoms with Gasteiger partial charge in [0, 0.05) is 5.69 Å². The Kier molecular flexibility index (Phi) is 3.72. The number of carbonyl (C=O) groups is 1. The van der Waals surface area contributed by atoms with Crippen LogP contribution in [0.3, 0.4) is 0 Å². The van der Waals surface area contributed by atoms with Crippen LogP contribution in [0.25, 0.3) is 16.7 Å². The second-order valence-electron chi connectivity index (χ2n) is 5.99. The van der Waals surface area contributed by atoms with Gasteiger partial charge in [-0.3, -0.25) is 9.20 Å². The van der Waals surface area contributed by atoms with Gasteiger partial charge >= 0.3 is 0 Å². The lowest BCUT2D eigenvalue weighted by molar-refractivity contribution is 0.0996. The average Bonchev–Trinajstić information content (AvgIpc) is 3.42. The lowest BCUT2D eigenvalue weighted by atomic mass is 10.3. The summed E-state index contributed by atoms with van der Waals surface area (Å²) in [5.41, 5.74) is 2.81. The largest absolute Gasteiger partial charge is 0.459 e. The van der Waals surface area contributed by atoms with Crippen molar-refractivity contribution < 1.29 is 13.9 Å². The molecule has 8 nitrogen and oxygen atoms in total. The predicted molar refractivity (Wildman–Crippen MR) is 101 cm³/mol. The summed E-state index contributed by atoms with van der Waals surface area (Å²) < 4.78 is 12.8. The van der Waals surface area contributed by atoms with Crippen LogP contribution in [0.2, 0.25) is 0 Å². The highest BCUT2D eigenvalue weighted by atomic mass is 16.5. The van der Waals surface area contributed by atoms with Gasteiger partial charge in [-0.15, -0.1) is 10.2 Å². The average molecular weight is 371 g/mol. The van der Waals surface area contributed by atoms with Crippen LogP contribution in [0.5, 0.6) is 11.6 Å². The zero-order valence-electron chi connectivity index (χ0n) is 14.4. The highest BCUT2D eigenvalue weighted by Gasteiger charge is 2.13. The van der Waals surface area contributed by atoms with Gasteiger partial charge in [-0.2, -0.15) is 0 Å². The number of amides is 1. The van der Waals surface area contributed by atoms with Crippen molar-refractivity contribution >= 4 is 28.3 Å². The van der Waals surface area contributed by atoms with Crippen LogP contribution in [0.1, 0.15) is 10.6 Å². The third-order valence-corrected chi connectivity index (χ3v) is 4.17. The smallest absolute Gasteiger partial charge is 0.291 e. The summed E-state index contributed by atoms with van der Waals surface area (Å²) in [6.07, 6.45) is 3.08. The first kappa shape index (κ1) is 16.0. The second kappa shape index (κ2) is 6.51. The van der Waals surface area contributed by atoms with E-state index in [0.717, 1.165) is 11.0 Å². The highest BCUT2D eigenvalue weighted by molar-refractivity contribution is 6.02. The van der Waals surface area contributed by atoms with E-state index in [9.17, 15) is 4.79 Å². The molecule has 0 unspecified atom stereocenters. The van der Waals surface area contributed by atoms with Crippen LogP contribution in [-0.2, 0) is 0 Å². The SMILES string of the molecule is O=C(Nc1ccc(Oc2nc3ccccc3n3cnnc23)cc1)c1ccco1. The zero-order valence-corrected chi connectivity index (χ0v) is 14.4. The fourth-order valence-electron chi connectivity index (χ4n) is 2.87. The minimum absolute atomic E-state index is 0.245. The molecule has 0 saturated carbocycles. The quantitative estimate of drug-likeness (QED) is 0.515. The molecule has 3 heterocycles. The molecule has 5 rings (SSSR count). The predicted octanol–water partition coefficient (Wildman–Crippen LogP) is 3.92. The van der Waals surface area contributed by atoms with Crippen LogP contribution in [-0.4, -0.2) is 25.5 Å². The van der Waals surface area contributed by atoms with Gasteiger partial charge in [0.05, 0.1) is 17.3 Å². The normalized spacial score (nSPS) is 11.0. The fourth-order valence-corrected chi connectivity index (χ4v) is 2.87. The van der Waals surface area contributed by atoms with Crippen LogP contribution >= 0.6 is 0 Å². The molecule has 8 heteroatoms. The summed E-state index contributed by atoms with van der Waals surface area (Å²) in [5.74, 6) is 0.835. The van der Waals surface area contributed by atoms with E-state index in [1.807, 2.05) is 28.7 Å². The Bertz CT molecular complexity index is 1280. The van der Waals surface area contributed by atoms with Crippen molar-refractivity contribution in [2.45, 2.75) is 0 Å². The summed E-state index contributed by atoms with van der Waals surface area (Å²) in [6.45, 7) is 0. The number of para-hydroxylation sites is 2. The maximum atomic E-state index is 12.0. The third kappa shape index (κ3) is 2.82. The number of nitrogens with zero attached hydrogens (tertiary/aromatic N) is 4. The second-order valence-corrected chi connectivity index (χ2v) is 5.99. The molecule has 136 valence electrons. The van der Waals surface area contributed by atoms with Crippen LogP contribution in [0.15, 0.2) is 77.7 Å². The summed E-state index contributed by atoms with van der Waals surface area (Å²) in [7, 11) is 0. The van der Waals surface area contributed by atoms with Crippen molar-refractivity contribution in [2.24, 2.45) is 0 Å². The molecular weight excluding hydrogens is 358 g/mol. The van der Waals surface area contributed by atoms with Crippen molar-refractivity contribution in [1.82, 2.24) is 19.6 Å². The molecule has 5 aromatic rings. The van der Waals surface area contributed by atoms with Crippen molar-refractivity contribution in [3.63, 3.8) is 0 Å². The van der Waals surface area contributed by atoms with Crippen LogP contribution in [0.4, 0.5) is 5.69 Å². The molecule has 2 aromatic carbocycles. The van der Waals surface area contributed by atoms with Gasteiger partial charge in [-0.1, -0.05) is 12.1 Å². The minimum atomic E-state index is -0.319. The van der Waals surface area contributed by atoms with Gasteiger partial charge in [-0.05, 0) is 48.5 Å². The molecular formula is C20H13N5O3. The van der Waals surface area contributed by atoms with Gasteiger partial charge < -0.3 is 14.5 Å². The number of anilines is 1. The molecule has 1 N–H and O–H groups in total. The van der Waals surface area contributed by atoms with E-state index < -0.39 is 0 Å². The lowest BCUT2D eigenvalue weighted by Crippen LogP contribution is -2.10. The number of nitrogens with one attached hydrogen (secondary N) is 1. The molecule has 0 bridgehead atoms. The maximum Gasteiger partial charge on any atom is 0.291 e. The molecule has 0 saturated heterocycles. The number of furan rings is 1. The number of benzene rings is 2. The summed E-state index contributed by atoms with van der Waals surface area (Å²) in [5, 5.41) is 10.8. The Morgan fingerprint density at radius 3 is 2.71 bits per heavy atom. The van der Waals surface area contributed by atoms with Gasteiger partial charge in [-0.25, -0.2) is 4.98 Å². The van der Waals surface area contributed by atoms with Gasteiger partial charge in [0.1, 0.15) is 12.1 Å². The van der Waals surface area contributed by atoms with Crippen molar-refractivity contribution in [3.8, 4) is 11.6 Å². The van der Waals surface area contributed by atoms with E-state index in [-0.39, 0.29) is 11.7 Å². The first-order chi connectivity index (χ1) is 13.8. The molecule has 1 amide bonds.